The Balaban J connectivity index is 0.000000818. The summed E-state index contributed by atoms with van der Waals surface area (Å²) in [4.78, 5) is 14.5. The van der Waals surface area contributed by atoms with E-state index in [0.717, 1.165) is 41.9 Å². The Morgan fingerprint density at radius 3 is 2.25 bits per heavy atom. The fourth-order valence-electron chi connectivity index (χ4n) is 5.63. The first-order chi connectivity index (χ1) is 21.7. The van der Waals surface area contributed by atoms with E-state index in [4.69, 9.17) is 0 Å². The summed E-state index contributed by atoms with van der Waals surface area (Å²) >= 11 is -9.19. The molecule has 0 aromatic heterocycles. The number of hydrogen-bond acceptors (Lipinski definition) is 3. The van der Waals surface area contributed by atoms with Gasteiger partial charge >= 0.3 is 52.7 Å². The SMILES string of the molecule is CN1CCCc2cc(/C=C/C3=[N+](Cc4ccc(C(=O)OCC(F)(F)C(F)F)cc4)c4ccccc4C3(C)C)ccc21.[F-].[F][Sb]([F])([F])([F])[F]. The number of nitrogens with zero attached hydrogens (tertiary/aromatic N) is 2. The van der Waals surface area contributed by atoms with Crippen LogP contribution in [0.25, 0.3) is 6.08 Å². The van der Waals surface area contributed by atoms with Crippen LogP contribution in [0.4, 0.5) is 43.0 Å². The normalized spacial score (nSPS) is 16.4. The van der Waals surface area contributed by atoms with Crippen LogP contribution in [0.15, 0.2) is 72.8 Å². The van der Waals surface area contributed by atoms with E-state index in [1.165, 1.54) is 28.9 Å². The number of rotatable bonds is 8. The van der Waals surface area contributed by atoms with Gasteiger partial charge in [0.2, 0.25) is 5.69 Å². The summed E-state index contributed by atoms with van der Waals surface area (Å²) in [7, 11) is 2.13. The molecule has 2 heterocycles. The number of carbonyl (C=O) groups excluding carboxylic acids is 1. The average Bonchev–Trinajstić information content (AvgIpc) is 3.19. The fourth-order valence-corrected chi connectivity index (χ4v) is 5.63. The van der Waals surface area contributed by atoms with Crippen molar-refractivity contribution >= 4 is 49.4 Å². The van der Waals surface area contributed by atoms with Crippen molar-refractivity contribution < 1.29 is 50.4 Å². The van der Waals surface area contributed by atoms with Crippen LogP contribution in [-0.4, -0.2) is 69.1 Å². The van der Waals surface area contributed by atoms with Gasteiger partial charge in [-0.1, -0.05) is 36.4 Å². The van der Waals surface area contributed by atoms with Crippen molar-refractivity contribution in [2.75, 3.05) is 25.1 Å². The van der Waals surface area contributed by atoms with Crippen LogP contribution in [0.1, 0.15) is 52.9 Å². The van der Waals surface area contributed by atoms with E-state index < -0.39 is 45.2 Å². The zero-order valence-corrected chi connectivity index (χ0v) is 28.6. The van der Waals surface area contributed by atoms with Gasteiger partial charge in [-0.2, -0.15) is 13.4 Å². The van der Waals surface area contributed by atoms with Gasteiger partial charge < -0.3 is 14.3 Å². The second-order valence-corrected chi connectivity index (χ2v) is 15.5. The number of carbonyl (C=O) groups is 1. The van der Waals surface area contributed by atoms with Gasteiger partial charge in [-0.25, -0.2) is 13.6 Å². The van der Waals surface area contributed by atoms with Crippen LogP contribution in [-0.2, 0) is 23.1 Å². The molecule has 0 radical (unpaired) electrons. The molecule has 3 aromatic carbocycles. The van der Waals surface area contributed by atoms with Gasteiger partial charge in [0.25, 0.3) is 0 Å². The fraction of sp³-hybridized carbons (Fsp3) is 0.333. The summed E-state index contributed by atoms with van der Waals surface area (Å²) < 4.78 is 107. The van der Waals surface area contributed by atoms with E-state index in [-0.39, 0.29) is 15.7 Å². The summed E-state index contributed by atoms with van der Waals surface area (Å²) in [6, 6.07) is 21.2. The molecule has 5 rings (SSSR count). The molecule has 0 aliphatic carbocycles. The molecular formula is C33H33F10N2O2Sb. The Bertz CT molecular complexity index is 1670. The van der Waals surface area contributed by atoms with Crippen LogP contribution >= 0.6 is 0 Å². The number of anilines is 1. The molecule has 0 bridgehead atoms. The number of esters is 1. The van der Waals surface area contributed by atoms with Crippen LogP contribution in [0.5, 0.6) is 0 Å². The molecule has 2 aliphatic heterocycles. The number of halogens is 10. The predicted molar refractivity (Wildman–Crippen MR) is 164 cm³/mol. The molecule has 0 amide bonds. The maximum absolute atomic E-state index is 13.2. The number of allylic oxidation sites excluding steroid dienone is 1. The first-order valence-corrected chi connectivity index (χ1v) is 19.3. The molecule has 0 fully saturated rings. The van der Waals surface area contributed by atoms with E-state index >= 15 is 0 Å². The molecule has 0 spiro atoms. The molecular weight excluding hydrogens is 768 g/mol. The van der Waals surface area contributed by atoms with Gasteiger partial charge in [-0.05, 0) is 68.2 Å². The molecule has 0 unspecified atom stereocenters. The van der Waals surface area contributed by atoms with Gasteiger partial charge in [0.15, 0.2) is 18.9 Å². The van der Waals surface area contributed by atoms with E-state index in [2.05, 4.69) is 77.6 Å². The molecule has 48 heavy (non-hydrogen) atoms. The topological polar surface area (TPSA) is 32.5 Å². The zero-order valence-electron chi connectivity index (χ0n) is 26.1. The summed E-state index contributed by atoms with van der Waals surface area (Å²) in [5.74, 6) is -5.46. The second kappa shape index (κ2) is 14.5. The molecule has 4 nitrogen and oxygen atoms in total. The zero-order chi connectivity index (χ0) is 34.8. The van der Waals surface area contributed by atoms with Crippen molar-refractivity contribution in [2.45, 2.75) is 51.0 Å². The third-order valence-corrected chi connectivity index (χ3v) is 7.93. The Hall–Kier alpha value is -3.54. The molecule has 0 N–H and O–H groups in total. The van der Waals surface area contributed by atoms with Crippen LogP contribution < -0.4 is 9.60 Å². The van der Waals surface area contributed by atoms with Crippen molar-refractivity contribution in [1.82, 2.24) is 0 Å². The molecule has 15 heteroatoms. The van der Waals surface area contributed by atoms with Crippen molar-refractivity contribution in [3.8, 4) is 0 Å². The number of benzene rings is 3. The number of aryl methyl sites for hydroxylation is 1. The first kappa shape index (κ1) is 38.9. The maximum atomic E-state index is 13.2. The number of para-hydroxylation sites is 1. The van der Waals surface area contributed by atoms with Crippen LogP contribution in [0.2, 0.25) is 0 Å². The minimum absolute atomic E-state index is 0. The van der Waals surface area contributed by atoms with E-state index in [1.807, 2.05) is 12.1 Å². The molecule has 0 atom stereocenters. The van der Waals surface area contributed by atoms with Gasteiger partial charge in [0.1, 0.15) is 0 Å². The van der Waals surface area contributed by atoms with Gasteiger partial charge in [0.05, 0.1) is 11.0 Å². The number of alkyl halides is 4. The second-order valence-electron chi connectivity index (χ2n) is 11.8. The molecule has 2 aliphatic rings. The van der Waals surface area contributed by atoms with Crippen molar-refractivity contribution in [3.05, 3.63) is 101 Å². The summed E-state index contributed by atoms with van der Waals surface area (Å²) in [5.41, 5.74) is 7.82. The minimum atomic E-state index is -9.19. The van der Waals surface area contributed by atoms with E-state index in [0.29, 0.717) is 6.54 Å². The molecule has 262 valence electrons. The Labute approximate surface area is 275 Å². The van der Waals surface area contributed by atoms with E-state index in [1.54, 1.807) is 12.1 Å². The summed E-state index contributed by atoms with van der Waals surface area (Å²) in [5, 5.41) is 0. The van der Waals surface area contributed by atoms with Crippen LogP contribution in [0.3, 0.4) is 0 Å². The quantitative estimate of drug-likeness (QED) is 0.119. The summed E-state index contributed by atoms with van der Waals surface area (Å²) in [6.45, 7) is 4.30. The molecule has 0 saturated carbocycles. The number of ether oxygens (including phenoxy) is 1. The molecule has 3 aromatic rings. The number of hydrogen-bond donors (Lipinski definition) is 0. The standard InChI is InChI=1S/C33H33F4N2O2.6FH.Sb/c1-32(2)26-8-4-5-9-28(26)39(29(32)17-13-22-12-16-27-25(19-22)7-6-18-38(27)3)20-23-10-14-24(15-11-23)30(40)41-21-33(36,37)31(34)35;;;;;;;/h4-5,8-17,19,31H,6-7,18,20-21H2,1-3H3;6*1H;/q+1;;;;;;;+5/p-6. The third-order valence-electron chi connectivity index (χ3n) is 7.93. The predicted octanol–water partition coefficient (Wildman–Crippen LogP) is 6.14. The van der Waals surface area contributed by atoms with E-state index in [9.17, 15) is 36.4 Å². The third kappa shape index (κ3) is 9.99. The Morgan fingerprint density at radius 2 is 1.62 bits per heavy atom. The van der Waals surface area contributed by atoms with Gasteiger partial charge in [-0.15, -0.1) is 0 Å². The van der Waals surface area contributed by atoms with Gasteiger partial charge in [-0.3, -0.25) is 0 Å². The Morgan fingerprint density at radius 1 is 1.00 bits per heavy atom. The monoisotopic (exact) mass is 800 g/mol. The van der Waals surface area contributed by atoms with Crippen molar-refractivity contribution in [1.29, 1.82) is 0 Å². The number of fused-ring (bicyclic) bond motifs is 2. The average molecular weight is 801 g/mol. The van der Waals surface area contributed by atoms with Crippen molar-refractivity contribution in [2.24, 2.45) is 0 Å². The first-order valence-electron chi connectivity index (χ1n) is 14.5. The van der Waals surface area contributed by atoms with Crippen LogP contribution in [0, 0.1) is 0 Å². The van der Waals surface area contributed by atoms with Crippen molar-refractivity contribution in [3.63, 3.8) is 0 Å². The Kier molecular flexibility index (Phi) is 11.8. The molecule has 0 saturated heterocycles. The van der Waals surface area contributed by atoms with Gasteiger partial charge in [0, 0.05) is 42.5 Å². The summed E-state index contributed by atoms with van der Waals surface area (Å²) in [6.07, 6.45) is 2.63.